The van der Waals surface area contributed by atoms with Crippen molar-refractivity contribution in [1.82, 2.24) is 5.32 Å². The molecule has 1 unspecified atom stereocenters. The summed E-state index contributed by atoms with van der Waals surface area (Å²) in [6, 6.07) is 6.87. The average molecular weight is 270 g/mol. The summed E-state index contributed by atoms with van der Waals surface area (Å²) < 4.78 is 5.29. The van der Waals surface area contributed by atoms with E-state index in [1.165, 1.54) is 18.4 Å². The smallest absolute Gasteiger partial charge is 0.137 e. The van der Waals surface area contributed by atoms with Crippen LogP contribution in [0.15, 0.2) is 18.2 Å². The van der Waals surface area contributed by atoms with E-state index in [9.17, 15) is 0 Å². The monoisotopic (exact) mass is 269 g/mol. The minimum atomic E-state index is 0.371. The predicted molar refractivity (Wildman–Crippen MR) is 78.5 cm³/mol. The lowest BCUT2D eigenvalue weighted by Crippen LogP contribution is -2.28. The van der Waals surface area contributed by atoms with Gasteiger partial charge < -0.3 is 10.1 Å². The molecule has 1 aromatic carbocycles. The van der Waals surface area contributed by atoms with E-state index in [2.05, 4.69) is 32.2 Å². The van der Waals surface area contributed by atoms with Crippen LogP contribution in [0, 0.1) is 0 Å². The Balaban J connectivity index is 2.89. The van der Waals surface area contributed by atoms with Crippen molar-refractivity contribution in [3.05, 3.63) is 28.8 Å². The van der Waals surface area contributed by atoms with Crippen LogP contribution in [0.1, 0.15) is 51.6 Å². The lowest BCUT2D eigenvalue weighted by atomic mass is 10.00. The first-order valence-corrected chi connectivity index (χ1v) is 7.05. The van der Waals surface area contributed by atoms with Gasteiger partial charge >= 0.3 is 0 Å². The largest absolute Gasteiger partial charge is 0.495 e. The number of hydrogen-bond donors (Lipinski definition) is 1. The van der Waals surface area contributed by atoms with Crippen molar-refractivity contribution in [1.29, 1.82) is 0 Å². The summed E-state index contributed by atoms with van der Waals surface area (Å²) in [5, 5.41) is 4.27. The molecule has 0 heterocycles. The zero-order valence-electron chi connectivity index (χ0n) is 11.8. The zero-order valence-corrected chi connectivity index (χ0v) is 12.6. The molecule has 0 radical (unpaired) electrons. The summed E-state index contributed by atoms with van der Waals surface area (Å²) in [6.45, 7) is 6.56. The van der Waals surface area contributed by atoms with Gasteiger partial charge in [-0.3, -0.25) is 0 Å². The summed E-state index contributed by atoms with van der Waals surface area (Å²) in [4.78, 5) is 0. The van der Waals surface area contributed by atoms with Crippen LogP contribution >= 0.6 is 11.6 Å². The Morgan fingerprint density at radius 1 is 1.33 bits per heavy atom. The highest BCUT2D eigenvalue weighted by atomic mass is 35.5. The molecule has 0 bridgehead atoms. The van der Waals surface area contributed by atoms with Crippen molar-refractivity contribution >= 4 is 11.6 Å². The first-order valence-electron chi connectivity index (χ1n) is 6.68. The normalized spacial score (nSPS) is 12.8. The molecule has 18 heavy (non-hydrogen) atoms. The van der Waals surface area contributed by atoms with E-state index in [0.29, 0.717) is 17.1 Å². The van der Waals surface area contributed by atoms with Gasteiger partial charge in [0, 0.05) is 12.1 Å². The second kappa shape index (κ2) is 7.65. The van der Waals surface area contributed by atoms with Gasteiger partial charge in [-0.2, -0.15) is 0 Å². The number of halogens is 1. The minimum absolute atomic E-state index is 0.371. The summed E-state index contributed by atoms with van der Waals surface area (Å²) in [7, 11) is 1.65. The van der Waals surface area contributed by atoms with Crippen molar-refractivity contribution < 1.29 is 4.74 Å². The fourth-order valence-corrected chi connectivity index (χ4v) is 2.24. The van der Waals surface area contributed by atoms with Crippen LogP contribution in [0.2, 0.25) is 5.02 Å². The van der Waals surface area contributed by atoms with Crippen molar-refractivity contribution in [3.63, 3.8) is 0 Å². The van der Waals surface area contributed by atoms with Gasteiger partial charge in [-0.1, -0.05) is 51.3 Å². The highest BCUT2D eigenvalue weighted by molar-refractivity contribution is 6.32. The number of benzene rings is 1. The maximum absolute atomic E-state index is 6.07. The van der Waals surface area contributed by atoms with E-state index in [1.54, 1.807) is 7.11 Å². The molecule has 1 aromatic rings. The summed E-state index contributed by atoms with van der Waals surface area (Å²) >= 11 is 6.07. The molecular formula is C15H24ClNO. The molecule has 0 amide bonds. The summed E-state index contributed by atoms with van der Waals surface area (Å²) in [5.41, 5.74) is 1.25. The minimum Gasteiger partial charge on any atom is -0.495 e. The van der Waals surface area contributed by atoms with Crippen LogP contribution in [0.25, 0.3) is 0 Å². The third-order valence-corrected chi connectivity index (χ3v) is 3.27. The van der Waals surface area contributed by atoms with Crippen LogP contribution in [0.3, 0.4) is 0 Å². The lowest BCUT2D eigenvalue weighted by Gasteiger charge is -2.22. The van der Waals surface area contributed by atoms with Crippen LogP contribution in [-0.2, 0) is 0 Å². The molecule has 0 aliphatic carbocycles. The van der Waals surface area contributed by atoms with Crippen molar-refractivity contribution in [2.75, 3.05) is 7.11 Å². The molecule has 0 aliphatic rings. The number of unbranched alkanes of at least 4 members (excludes halogenated alkanes) is 1. The van der Waals surface area contributed by atoms with E-state index in [1.807, 2.05) is 12.1 Å². The standard InChI is InChI=1S/C15H24ClNO/c1-5-6-7-14(17-11(2)3)12-8-9-13(16)15(10-12)18-4/h8-11,14,17H,5-7H2,1-4H3. The molecule has 0 fully saturated rings. The first-order chi connectivity index (χ1) is 8.58. The number of ether oxygens (including phenoxy) is 1. The second-order valence-electron chi connectivity index (χ2n) is 4.91. The Morgan fingerprint density at radius 2 is 2.06 bits per heavy atom. The second-order valence-corrected chi connectivity index (χ2v) is 5.32. The molecule has 0 aromatic heterocycles. The molecule has 1 atom stereocenters. The zero-order chi connectivity index (χ0) is 13.5. The third kappa shape index (κ3) is 4.51. The highest BCUT2D eigenvalue weighted by Crippen LogP contribution is 2.29. The van der Waals surface area contributed by atoms with Crippen molar-refractivity contribution in [2.24, 2.45) is 0 Å². The fraction of sp³-hybridized carbons (Fsp3) is 0.600. The molecule has 1 N–H and O–H groups in total. The Bertz CT molecular complexity index is 366. The molecule has 0 aliphatic heterocycles. The molecule has 0 saturated heterocycles. The molecule has 1 rings (SSSR count). The third-order valence-electron chi connectivity index (χ3n) is 2.96. The Morgan fingerprint density at radius 3 is 2.61 bits per heavy atom. The molecule has 0 spiro atoms. The quantitative estimate of drug-likeness (QED) is 0.782. The van der Waals surface area contributed by atoms with E-state index in [0.717, 1.165) is 12.2 Å². The number of hydrogen-bond acceptors (Lipinski definition) is 2. The number of methoxy groups -OCH3 is 1. The van der Waals surface area contributed by atoms with Gasteiger partial charge in [0.15, 0.2) is 0 Å². The topological polar surface area (TPSA) is 21.3 Å². The van der Waals surface area contributed by atoms with Gasteiger partial charge in [-0.25, -0.2) is 0 Å². The summed E-state index contributed by atoms with van der Waals surface area (Å²) in [5.74, 6) is 0.751. The highest BCUT2D eigenvalue weighted by Gasteiger charge is 2.14. The van der Waals surface area contributed by atoms with Crippen LogP contribution in [0.5, 0.6) is 5.75 Å². The predicted octanol–water partition coefficient (Wildman–Crippen LogP) is 4.58. The first kappa shape index (κ1) is 15.3. The van der Waals surface area contributed by atoms with E-state index < -0.39 is 0 Å². The molecular weight excluding hydrogens is 246 g/mol. The van der Waals surface area contributed by atoms with Gasteiger partial charge in [-0.15, -0.1) is 0 Å². The maximum atomic E-state index is 6.07. The van der Waals surface area contributed by atoms with Crippen LogP contribution in [0.4, 0.5) is 0 Å². The van der Waals surface area contributed by atoms with E-state index >= 15 is 0 Å². The van der Waals surface area contributed by atoms with Crippen molar-refractivity contribution in [3.8, 4) is 5.75 Å². The SMILES string of the molecule is CCCCC(NC(C)C)c1ccc(Cl)c(OC)c1. The van der Waals surface area contributed by atoms with Crippen LogP contribution < -0.4 is 10.1 Å². The number of rotatable bonds is 7. The Hall–Kier alpha value is -0.730. The molecule has 3 heteroatoms. The van der Waals surface area contributed by atoms with E-state index in [4.69, 9.17) is 16.3 Å². The summed E-state index contributed by atoms with van der Waals surface area (Å²) in [6.07, 6.45) is 3.57. The Labute approximate surface area is 116 Å². The van der Waals surface area contributed by atoms with E-state index in [-0.39, 0.29) is 0 Å². The average Bonchev–Trinajstić information content (AvgIpc) is 2.34. The molecule has 2 nitrogen and oxygen atoms in total. The van der Waals surface area contributed by atoms with Crippen LogP contribution in [-0.4, -0.2) is 13.2 Å². The van der Waals surface area contributed by atoms with Gasteiger partial charge in [0.1, 0.15) is 5.75 Å². The molecule has 0 saturated carbocycles. The maximum Gasteiger partial charge on any atom is 0.137 e. The van der Waals surface area contributed by atoms with Gasteiger partial charge in [0.05, 0.1) is 12.1 Å². The molecule has 102 valence electrons. The Kier molecular flexibility index (Phi) is 6.51. The van der Waals surface area contributed by atoms with Gasteiger partial charge in [0.25, 0.3) is 0 Å². The fourth-order valence-electron chi connectivity index (χ4n) is 2.05. The van der Waals surface area contributed by atoms with Gasteiger partial charge in [-0.05, 0) is 24.1 Å². The number of nitrogens with one attached hydrogen (secondary N) is 1. The lowest BCUT2D eigenvalue weighted by molar-refractivity contribution is 0.409. The van der Waals surface area contributed by atoms with Crippen molar-refractivity contribution in [2.45, 2.75) is 52.1 Å². The van der Waals surface area contributed by atoms with Gasteiger partial charge in [0.2, 0.25) is 0 Å².